The Balaban J connectivity index is 1.35. The molecule has 184 valence electrons. The second-order valence-corrected chi connectivity index (χ2v) is 9.91. The van der Waals surface area contributed by atoms with E-state index in [1.54, 1.807) is 18.3 Å². The lowest BCUT2D eigenvalue weighted by atomic mass is 10.0. The summed E-state index contributed by atoms with van der Waals surface area (Å²) in [6.07, 6.45) is 2.38. The Labute approximate surface area is 211 Å². The monoisotopic (exact) mass is 532 g/mol. The molecule has 4 rings (SSSR count). The van der Waals surface area contributed by atoms with Crippen molar-refractivity contribution in [2.75, 3.05) is 29.9 Å². The van der Waals surface area contributed by atoms with Gasteiger partial charge in [0.25, 0.3) is 5.92 Å². The molecule has 0 saturated carbocycles. The first kappa shape index (κ1) is 25.2. The highest BCUT2D eigenvalue weighted by atomic mass is 35.5. The van der Waals surface area contributed by atoms with Gasteiger partial charge >= 0.3 is 0 Å². The van der Waals surface area contributed by atoms with Gasteiger partial charge in [-0.2, -0.15) is 4.98 Å². The second-order valence-electron chi connectivity index (χ2n) is 8.66. The van der Waals surface area contributed by atoms with Crippen LogP contribution in [-0.2, 0) is 4.79 Å². The number of amides is 1. The molecule has 1 amide bonds. The zero-order valence-electron chi connectivity index (χ0n) is 18.4. The van der Waals surface area contributed by atoms with Gasteiger partial charge in [-0.1, -0.05) is 40.9 Å². The molecule has 0 radical (unpaired) electrons. The van der Waals surface area contributed by atoms with E-state index in [1.165, 1.54) is 0 Å². The molecular formula is C22H25Cl3F2N6O. The van der Waals surface area contributed by atoms with Crippen LogP contribution in [0.3, 0.4) is 0 Å². The standard InChI is InChI=1S/C22H25Cl3F2N6O/c1-12(15-3-2-13(23)8-16(15)24)30-19-17(25)10-28-21(32-19)33-6-4-14(5-7-33)31-20(34)18-9-22(26,27)11-29-18/h2-3,8,10,12,14,18,29H,4-7,9,11H2,1H3,(H,31,34)(H,28,30,32)/t12-,18-/m1/s1. The van der Waals surface area contributed by atoms with Crippen molar-refractivity contribution in [2.24, 2.45) is 0 Å². The SMILES string of the molecule is C[C@@H](Nc1nc(N2CCC(NC(=O)[C@H]3CC(F)(F)CN3)CC2)ncc1Cl)c1ccc(Cl)cc1Cl. The van der Waals surface area contributed by atoms with Crippen molar-refractivity contribution in [2.45, 2.75) is 50.2 Å². The van der Waals surface area contributed by atoms with E-state index in [0.717, 1.165) is 5.56 Å². The average Bonchev–Trinajstić information content (AvgIpc) is 3.15. The van der Waals surface area contributed by atoms with Gasteiger partial charge in [0, 0.05) is 35.6 Å². The summed E-state index contributed by atoms with van der Waals surface area (Å²) < 4.78 is 26.7. The maximum atomic E-state index is 13.4. The molecule has 2 aliphatic rings. The Morgan fingerprint density at radius 3 is 2.62 bits per heavy atom. The lowest BCUT2D eigenvalue weighted by molar-refractivity contribution is -0.124. The number of hydrogen-bond donors (Lipinski definition) is 3. The molecule has 2 fully saturated rings. The number of aromatic nitrogens is 2. The molecule has 0 spiro atoms. The quantitative estimate of drug-likeness (QED) is 0.500. The molecule has 3 N–H and O–H groups in total. The predicted octanol–water partition coefficient (Wildman–Crippen LogP) is 4.69. The molecule has 0 aliphatic carbocycles. The van der Waals surface area contributed by atoms with Crippen molar-refractivity contribution in [3.63, 3.8) is 0 Å². The summed E-state index contributed by atoms with van der Waals surface area (Å²) in [6.45, 7) is 2.70. The zero-order chi connectivity index (χ0) is 24.5. The Morgan fingerprint density at radius 1 is 1.24 bits per heavy atom. The number of carbonyl (C=O) groups excluding carboxylic acids is 1. The van der Waals surface area contributed by atoms with Crippen molar-refractivity contribution >= 4 is 52.5 Å². The Kier molecular flexibility index (Phi) is 7.66. The van der Waals surface area contributed by atoms with Crippen LogP contribution in [0.1, 0.15) is 37.8 Å². The van der Waals surface area contributed by atoms with Gasteiger partial charge < -0.3 is 15.5 Å². The van der Waals surface area contributed by atoms with Gasteiger partial charge in [-0.05, 0) is 37.5 Å². The largest absolute Gasteiger partial charge is 0.362 e. The van der Waals surface area contributed by atoms with Crippen LogP contribution in [0.4, 0.5) is 20.5 Å². The number of rotatable bonds is 6. The third kappa shape index (κ3) is 6.00. The lowest BCUT2D eigenvalue weighted by Gasteiger charge is -2.33. The van der Waals surface area contributed by atoms with Crippen LogP contribution in [-0.4, -0.2) is 53.5 Å². The summed E-state index contributed by atoms with van der Waals surface area (Å²) in [5.41, 5.74) is 0.855. The summed E-state index contributed by atoms with van der Waals surface area (Å²) >= 11 is 18.6. The Hall–Kier alpha value is -1.94. The first-order valence-corrected chi connectivity index (χ1v) is 12.2. The number of benzene rings is 1. The normalized spacial score (nSPS) is 21.4. The van der Waals surface area contributed by atoms with Crippen LogP contribution in [0.15, 0.2) is 24.4 Å². The molecule has 2 aromatic rings. The van der Waals surface area contributed by atoms with Crippen LogP contribution < -0.4 is 20.9 Å². The first-order chi connectivity index (χ1) is 16.1. The predicted molar refractivity (Wildman–Crippen MR) is 130 cm³/mol. The smallest absolute Gasteiger partial charge is 0.262 e. The molecule has 0 unspecified atom stereocenters. The van der Waals surface area contributed by atoms with Crippen LogP contribution in [0.2, 0.25) is 15.1 Å². The highest BCUT2D eigenvalue weighted by Crippen LogP contribution is 2.31. The number of nitrogens with one attached hydrogen (secondary N) is 3. The first-order valence-electron chi connectivity index (χ1n) is 11.0. The van der Waals surface area contributed by atoms with Crippen LogP contribution in [0.5, 0.6) is 0 Å². The van der Waals surface area contributed by atoms with E-state index >= 15 is 0 Å². The summed E-state index contributed by atoms with van der Waals surface area (Å²) in [5.74, 6) is -2.21. The minimum absolute atomic E-state index is 0.0864. The molecule has 12 heteroatoms. The topological polar surface area (TPSA) is 82.2 Å². The number of alkyl halides is 2. The molecule has 2 saturated heterocycles. The summed E-state index contributed by atoms with van der Waals surface area (Å²) in [5, 5.41) is 10.2. The highest BCUT2D eigenvalue weighted by Gasteiger charge is 2.42. The van der Waals surface area contributed by atoms with Gasteiger partial charge in [0.2, 0.25) is 11.9 Å². The number of halogens is 5. The van der Waals surface area contributed by atoms with Crippen molar-refractivity contribution in [1.29, 1.82) is 0 Å². The minimum Gasteiger partial charge on any atom is -0.362 e. The van der Waals surface area contributed by atoms with Crippen molar-refractivity contribution in [3.8, 4) is 0 Å². The maximum absolute atomic E-state index is 13.4. The highest BCUT2D eigenvalue weighted by molar-refractivity contribution is 6.35. The van der Waals surface area contributed by atoms with E-state index < -0.39 is 24.9 Å². The van der Waals surface area contributed by atoms with Crippen molar-refractivity contribution < 1.29 is 13.6 Å². The fourth-order valence-corrected chi connectivity index (χ4v) is 4.89. The number of hydrogen-bond acceptors (Lipinski definition) is 6. The fourth-order valence-electron chi connectivity index (χ4n) is 4.17. The Morgan fingerprint density at radius 2 is 1.97 bits per heavy atom. The molecule has 2 aliphatic heterocycles. The molecule has 0 bridgehead atoms. The number of piperidine rings is 1. The molecule has 2 atom stereocenters. The number of nitrogens with zero attached hydrogens (tertiary/aromatic N) is 3. The van der Waals surface area contributed by atoms with Gasteiger partial charge in [0.05, 0.1) is 24.8 Å². The van der Waals surface area contributed by atoms with Crippen LogP contribution >= 0.6 is 34.8 Å². The third-order valence-electron chi connectivity index (χ3n) is 6.06. The molecule has 7 nitrogen and oxygen atoms in total. The van der Waals surface area contributed by atoms with Crippen LogP contribution in [0, 0.1) is 0 Å². The lowest BCUT2D eigenvalue weighted by Crippen LogP contribution is -2.49. The molecule has 3 heterocycles. The summed E-state index contributed by atoms with van der Waals surface area (Å²) in [6, 6.07) is 4.18. The molecule has 34 heavy (non-hydrogen) atoms. The zero-order valence-corrected chi connectivity index (χ0v) is 20.7. The number of carbonyl (C=O) groups is 1. The summed E-state index contributed by atoms with van der Waals surface area (Å²) in [7, 11) is 0. The average molecular weight is 534 g/mol. The second kappa shape index (κ2) is 10.4. The van der Waals surface area contributed by atoms with Crippen molar-refractivity contribution in [3.05, 3.63) is 45.0 Å². The van der Waals surface area contributed by atoms with E-state index in [4.69, 9.17) is 34.8 Å². The van der Waals surface area contributed by atoms with E-state index in [0.29, 0.717) is 52.8 Å². The van der Waals surface area contributed by atoms with Gasteiger partial charge in [-0.3, -0.25) is 10.1 Å². The van der Waals surface area contributed by atoms with E-state index in [2.05, 4.69) is 25.9 Å². The van der Waals surface area contributed by atoms with Crippen molar-refractivity contribution in [1.82, 2.24) is 20.6 Å². The van der Waals surface area contributed by atoms with Gasteiger partial charge in [-0.15, -0.1) is 0 Å². The van der Waals surface area contributed by atoms with E-state index in [9.17, 15) is 13.6 Å². The summed E-state index contributed by atoms with van der Waals surface area (Å²) in [4.78, 5) is 23.3. The van der Waals surface area contributed by atoms with Gasteiger partial charge in [-0.25, -0.2) is 13.8 Å². The molecular weight excluding hydrogens is 509 g/mol. The Bertz CT molecular complexity index is 1050. The fraction of sp³-hybridized carbons (Fsp3) is 0.500. The van der Waals surface area contributed by atoms with Gasteiger partial charge in [0.1, 0.15) is 5.02 Å². The van der Waals surface area contributed by atoms with Gasteiger partial charge in [0.15, 0.2) is 5.82 Å². The van der Waals surface area contributed by atoms with E-state index in [-0.39, 0.29) is 18.0 Å². The molecule has 1 aromatic heterocycles. The minimum atomic E-state index is -2.83. The molecule has 1 aromatic carbocycles. The maximum Gasteiger partial charge on any atom is 0.262 e. The van der Waals surface area contributed by atoms with E-state index in [1.807, 2.05) is 17.9 Å². The van der Waals surface area contributed by atoms with Crippen LogP contribution in [0.25, 0.3) is 0 Å². The number of anilines is 2. The third-order valence-corrected chi connectivity index (χ3v) is 6.90.